The van der Waals surface area contributed by atoms with E-state index in [1.165, 1.54) is 5.56 Å². The standard InChI is InChI=1S/C35H41N7O3/c1-21-5-11-25(12-6-21)42-31(20-30(38-42)35(2,3)4)37-34(44)36-24-9-7-22(8-10-24)17-23-18-26-13-14-27(19-23)41(26)29-16-15-28-32(33(29)43)40-45-39-28/h5-12,20,23,26-27,29H,13-19H2,1-4H3,(H2,36,37,44). The highest BCUT2D eigenvalue weighted by Crippen LogP contribution is 2.43. The lowest BCUT2D eigenvalue weighted by Crippen LogP contribution is -2.53. The van der Waals surface area contributed by atoms with Gasteiger partial charge in [0, 0.05) is 29.3 Å². The van der Waals surface area contributed by atoms with Crippen LogP contribution in [-0.2, 0) is 18.3 Å². The van der Waals surface area contributed by atoms with Gasteiger partial charge >= 0.3 is 6.03 Å². The van der Waals surface area contributed by atoms with Crippen LogP contribution in [0.1, 0.15) is 85.9 Å². The number of benzene rings is 2. The van der Waals surface area contributed by atoms with E-state index in [1.807, 2.05) is 49.4 Å². The number of nitrogens with one attached hydrogen (secondary N) is 2. The van der Waals surface area contributed by atoms with Gasteiger partial charge in [0.05, 0.1) is 17.4 Å². The number of piperidine rings is 1. The first-order chi connectivity index (χ1) is 21.6. The van der Waals surface area contributed by atoms with Gasteiger partial charge in [-0.1, -0.05) is 55.8 Å². The molecule has 2 aliphatic heterocycles. The zero-order valence-corrected chi connectivity index (χ0v) is 26.4. The van der Waals surface area contributed by atoms with Crippen molar-refractivity contribution in [1.82, 2.24) is 25.0 Å². The summed E-state index contributed by atoms with van der Waals surface area (Å²) in [6, 6.07) is 18.6. The van der Waals surface area contributed by atoms with Crippen molar-refractivity contribution in [1.29, 1.82) is 0 Å². The summed E-state index contributed by atoms with van der Waals surface area (Å²) in [4.78, 5) is 28.8. The third-order valence-corrected chi connectivity index (χ3v) is 9.73. The van der Waals surface area contributed by atoms with E-state index in [-0.39, 0.29) is 23.3 Å². The van der Waals surface area contributed by atoms with Gasteiger partial charge in [-0.05, 0) is 92.8 Å². The minimum atomic E-state index is -0.314. The van der Waals surface area contributed by atoms with E-state index >= 15 is 0 Å². The number of fused-ring (bicyclic) bond motifs is 3. The molecule has 3 unspecified atom stereocenters. The molecule has 0 radical (unpaired) electrons. The lowest BCUT2D eigenvalue weighted by Gasteiger charge is -2.43. The third-order valence-electron chi connectivity index (χ3n) is 9.73. The van der Waals surface area contributed by atoms with Gasteiger partial charge in [-0.2, -0.15) is 5.10 Å². The fourth-order valence-electron chi connectivity index (χ4n) is 7.46. The third kappa shape index (κ3) is 5.91. The van der Waals surface area contributed by atoms with E-state index in [1.54, 1.807) is 4.68 Å². The highest BCUT2D eigenvalue weighted by Gasteiger charge is 2.47. The number of carbonyl (C=O) groups excluding carboxylic acids is 2. The number of Topliss-reactive ketones (excluding diaryl/α,β-unsaturated/α-hetero) is 1. The maximum Gasteiger partial charge on any atom is 0.324 e. The van der Waals surface area contributed by atoms with Crippen LogP contribution < -0.4 is 10.6 Å². The van der Waals surface area contributed by atoms with Crippen molar-refractivity contribution in [2.75, 3.05) is 10.6 Å². The van der Waals surface area contributed by atoms with Crippen LogP contribution >= 0.6 is 0 Å². The predicted molar refractivity (Wildman–Crippen MR) is 172 cm³/mol. The molecule has 4 heterocycles. The number of urea groups is 1. The van der Waals surface area contributed by atoms with E-state index in [0.717, 1.165) is 67.6 Å². The van der Waals surface area contributed by atoms with E-state index in [0.29, 0.717) is 35.2 Å². The fraction of sp³-hybridized carbons (Fsp3) is 0.457. The van der Waals surface area contributed by atoms with Gasteiger partial charge in [-0.3, -0.25) is 15.0 Å². The van der Waals surface area contributed by atoms with Crippen molar-refractivity contribution in [3.05, 3.63) is 82.8 Å². The fourth-order valence-corrected chi connectivity index (χ4v) is 7.46. The molecule has 2 aromatic heterocycles. The maximum atomic E-state index is 13.2. The Bertz CT molecular complexity index is 1690. The minimum absolute atomic E-state index is 0.0780. The number of nitrogens with zero attached hydrogens (tertiary/aromatic N) is 5. The number of rotatable bonds is 6. The normalized spacial score (nSPS) is 23.2. The van der Waals surface area contributed by atoms with Crippen molar-refractivity contribution in [2.45, 2.75) is 96.2 Å². The molecule has 4 aromatic rings. The lowest BCUT2D eigenvalue weighted by molar-refractivity contribution is 0.0424. The molecule has 0 saturated carbocycles. The van der Waals surface area contributed by atoms with Crippen molar-refractivity contribution in [2.24, 2.45) is 5.92 Å². The number of hydrogen-bond acceptors (Lipinski definition) is 7. The maximum absolute atomic E-state index is 13.2. The highest BCUT2D eigenvalue weighted by molar-refractivity contribution is 6.00. The van der Waals surface area contributed by atoms with Crippen molar-refractivity contribution >= 4 is 23.3 Å². The first-order valence-corrected chi connectivity index (χ1v) is 16.1. The summed E-state index contributed by atoms with van der Waals surface area (Å²) in [5.41, 5.74) is 5.92. The van der Waals surface area contributed by atoms with Crippen LogP contribution in [0.15, 0.2) is 59.2 Å². The summed E-state index contributed by atoms with van der Waals surface area (Å²) in [6.45, 7) is 8.37. The Kier molecular flexibility index (Phi) is 7.55. The second-order valence-electron chi connectivity index (χ2n) is 14.0. The van der Waals surface area contributed by atoms with Gasteiger partial charge in [-0.25, -0.2) is 14.1 Å². The molecule has 2 bridgehead atoms. The van der Waals surface area contributed by atoms with Gasteiger partial charge < -0.3 is 5.32 Å². The van der Waals surface area contributed by atoms with Crippen LogP contribution in [0.4, 0.5) is 16.3 Å². The topological polar surface area (TPSA) is 118 Å². The first kappa shape index (κ1) is 29.4. The molecule has 2 fully saturated rings. The highest BCUT2D eigenvalue weighted by atomic mass is 16.6. The molecule has 7 rings (SSSR count). The van der Waals surface area contributed by atoms with Crippen LogP contribution in [0.3, 0.4) is 0 Å². The van der Waals surface area contributed by atoms with Gasteiger partial charge in [0.1, 0.15) is 11.5 Å². The lowest BCUT2D eigenvalue weighted by atomic mass is 9.83. The number of anilines is 2. The summed E-state index contributed by atoms with van der Waals surface area (Å²) < 4.78 is 6.64. The molecule has 10 nitrogen and oxygen atoms in total. The second kappa shape index (κ2) is 11.6. The SMILES string of the molecule is Cc1ccc(-n2nc(C(C)(C)C)cc2NC(=O)Nc2ccc(CC3CC4CCC(C3)N4C3CCc4nonc4C3=O)cc2)cc1. The Morgan fingerprint density at radius 1 is 0.956 bits per heavy atom. The molecule has 0 spiro atoms. The van der Waals surface area contributed by atoms with Crippen LogP contribution in [0.2, 0.25) is 0 Å². The molecular weight excluding hydrogens is 566 g/mol. The molecule has 1 aliphatic carbocycles. The van der Waals surface area contributed by atoms with E-state index in [9.17, 15) is 9.59 Å². The Balaban J connectivity index is 0.969. The average Bonchev–Trinajstić information content (AvgIpc) is 3.72. The molecule has 2 saturated heterocycles. The predicted octanol–water partition coefficient (Wildman–Crippen LogP) is 6.49. The van der Waals surface area contributed by atoms with Crippen molar-refractivity contribution in [3.63, 3.8) is 0 Å². The molecule has 234 valence electrons. The average molecular weight is 608 g/mol. The van der Waals surface area contributed by atoms with Gasteiger partial charge in [-0.15, -0.1) is 0 Å². The van der Waals surface area contributed by atoms with Crippen LogP contribution in [-0.4, -0.2) is 54.9 Å². The number of aryl methyl sites for hydroxylation is 2. The molecule has 2 aromatic carbocycles. The summed E-state index contributed by atoms with van der Waals surface area (Å²) in [5.74, 6) is 1.27. The Morgan fingerprint density at radius 2 is 1.67 bits per heavy atom. The van der Waals surface area contributed by atoms with Gasteiger partial charge in [0.15, 0.2) is 5.69 Å². The number of hydrogen-bond donors (Lipinski definition) is 2. The molecule has 3 aliphatic rings. The van der Waals surface area contributed by atoms with E-state index in [2.05, 4.69) is 58.8 Å². The van der Waals surface area contributed by atoms with E-state index in [4.69, 9.17) is 9.73 Å². The van der Waals surface area contributed by atoms with Crippen LogP contribution in [0, 0.1) is 12.8 Å². The molecule has 2 amide bonds. The molecular formula is C35H41N7O3. The Labute approximate surface area is 263 Å². The largest absolute Gasteiger partial charge is 0.324 e. The number of ketones is 1. The summed E-state index contributed by atoms with van der Waals surface area (Å²) in [7, 11) is 0. The second-order valence-corrected chi connectivity index (χ2v) is 14.0. The Morgan fingerprint density at radius 3 is 2.36 bits per heavy atom. The van der Waals surface area contributed by atoms with Gasteiger partial charge in [0.25, 0.3) is 0 Å². The molecule has 2 N–H and O–H groups in total. The molecule has 3 atom stereocenters. The number of aromatic nitrogens is 4. The monoisotopic (exact) mass is 607 g/mol. The van der Waals surface area contributed by atoms with Crippen molar-refractivity contribution < 1.29 is 14.2 Å². The molecule has 10 heteroatoms. The Hall–Kier alpha value is -4.31. The minimum Gasteiger partial charge on any atom is -0.308 e. The van der Waals surface area contributed by atoms with Crippen LogP contribution in [0.25, 0.3) is 5.69 Å². The van der Waals surface area contributed by atoms with E-state index < -0.39 is 0 Å². The van der Waals surface area contributed by atoms with Crippen LogP contribution in [0.5, 0.6) is 0 Å². The summed E-state index contributed by atoms with van der Waals surface area (Å²) >= 11 is 0. The smallest absolute Gasteiger partial charge is 0.308 e. The van der Waals surface area contributed by atoms with Crippen molar-refractivity contribution in [3.8, 4) is 5.69 Å². The number of amides is 2. The summed E-state index contributed by atoms with van der Waals surface area (Å²) in [6.07, 6.45) is 7.03. The molecule has 45 heavy (non-hydrogen) atoms. The summed E-state index contributed by atoms with van der Waals surface area (Å²) in [5, 5.41) is 18.6. The zero-order chi connectivity index (χ0) is 31.3. The first-order valence-electron chi connectivity index (χ1n) is 16.1. The van der Waals surface area contributed by atoms with Gasteiger partial charge in [0.2, 0.25) is 5.78 Å². The number of carbonyl (C=O) groups is 2. The zero-order valence-electron chi connectivity index (χ0n) is 26.4. The quantitative estimate of drug-likeness (QED) is 0.257.